The third-order valence-corrected chi connectivity index (χ3v) is 7.05. The molecule has 0 aromatic heterocycles. The number of hydrogen-bond acceptors (Lipinski definition) is 7. The van der Waals surface area contributed by atoms with Gasteiger partial charge in [-0.25, -0.2) is 13.6 Å². The van der Waals surface area contributed by atoms with E-state index < -0.39 is 49.2 Å². The van der Waals surface area contributed by atoms with Crippen molar-refractivity contribution in [2.45, 2.75) is 82.3 Å². The van der Waals surface area contributed by atoms with Crippen LogP contribution in [-0.2, 0) is 9.53 Å². The monoisotopic (exact) mass is 508 g/mol. The number of carbonyl (C=O) groups excluding carboxylic acids is 2. The lowest BCUT2D eigenvalue weighted by atomic mass is 9.76. The van der Waals surface area contributed by atoms with E-state index >= 15 is 0 Å². The Hall–Kier alpha value is -2.49. The lowest BCUT2D eigenvalue weighted by Gasteiger charge is -2.35. The first kappa shape index (κ1) is 28.1. The fourth-order valence-electron chi connectivity index (χ4n) is 4.98. The summed E-state index contributed by atoms with van der Waals surface area (Å²) in [6.07, 6.45) is 5.91. The van der Waals surface area contributed by atoms with Crippen LogP contribution in [0.5, 0.6) is 0 Å². The Labute approximate surface area is 210 Å². The van der Waals surface area contributed by atoms with Gasteiger partial charge in [0.05, 0.1) is 19.0 Å². The number of hydrogen-bond donors (Lipinski definition) is 3. The van der Waals surface area contributed by atoms with Gasteiger partial charge in [-0.2, -0.15) is 5.26 Å². The second-order valence-electron chi connectivity index (χ2n) is 10.4. The van der Waals surface area contributed by atoms with Crippen LogP contribution in [0, 0.1) is 11.3 Å². The van der Waals surface area contributed by atoms with Gasteiger partial charge in [-0.15, -0.1) is 0 Å². The Balaban J connectivity index is 1.58. The highest BCUT2D eigenvalue weighted by Crippen LogP contribution is 2.33. The molecule has 3 N–H and O–H groups in total. The maximum Gasteiger partial charge on any atom is 0.475 e. The third-order valence-electron chi connectivity index (χ3n) is 7.05. The molecule has 3 rings (SSSR count). The Bertz CT molecular complexity index is 934. The number of halogens is 2. The van der Waals surface area contributed by atoms with Crippen molar-refractivity contribution >= 4 is 19.1 Å². The summed E-state index contributed by atoms with van der Waals surface area (Å²) in [7, 11) is -1.74. The Morgan fingerprint density at radius 3 is 2.72 bits per heavy atom. The number of alkyl carbamates (subject to hydrolysis) is 1. The lowest BCUT2D eigenvalue weighted by Crippen LogP contribution is -2.50. The highest BCUT2D eigenvalue weighted by Gasteiger charge is 2.43. The van der Waals surface area contributed by atoms with Crippen molar-refractivity contribution in [2.75, 3.05) is 26.2 Å². The molecule has 0 aromatic carbocycles. The van der Waals surface area contributed by atoms with Gasteiger partial charge in [0.1, 0.15) is 17.7 Å². The molecule has 36 heavy (non-hydrogen) atoms. The first-order chi connectivity index (χ1) is 16.9. The Morgan fingerprint density at radius 1 is 1.39 bits per heavy atom. The van der Waals surface area contributed by atoms with E-state index in [1.165, 1.54) is 11.0 Å². The fraction of sp³-hybridized carbons (Fsp3) is 0.708. The molecule has 0 aromatic rings. The SMILES string of the molecule is CC(C)(/C=C(\C#N)C(=O)N1CCC[C@H](OC(=O)N[C@@H](CC2=CCCC2)B(O)O)C1)N1CCC(F)(F)C1. The molecule has 12 heteroatoms. The Kier molecular flexibility index (Phi) is 9.14. The maximum absolute atomic E-state index is 13.7. The van der Waals surface area contributed by atoms with Gasteiger partial charge in [0.15, 0.2) is 0 Å². The molecular weight excluding hydrogens is 473 g/mol. The van der Waals surface area contributed by atoms with Gasteiger partial charge in [0.25, 0.3) is 11.8 Å². The van der Waals surface area contributed by atoms with E-state index in [4.69, 9.17) is 4.74 Å². The molecule has 9 nitrogen and oxygen atoms in total. The quantitative estimate of drug-likeness (QED) is 0.199. The van der Waals surface area contributed by atoms with Crippen LogP contribution in [0.3, 0.4) is 0 Å². The van der Waals surface area contributed by atoms with Gasteiger partial charge in [-0.05, 0) is 58.4 Å². The van der Waals surface area contributed by atoms with E-state index in [-0.39, 0.29) is 25.1 Å². The molecular formula is C24H35BF2N4O5. The molecule has 3 aliphatic rings. The van der Waals surface area contributed by atoms with Gasteiger partial charge in [-0.3, -0.25) is 9.69 Å². The van der Waals surface area contributed by atoms with E-state index in [1.54, 1.807) is 18.7 Å². The number of ether oxygens (including phenoxy) is 1. The fourth-order valence-corrected chi connectivity index (χ4v) is 4.98. The summed E-state index contributed by atoms with van der Waals surface area (Å²) in [5, 5.41) is 31.4. The number of nitrogens with zero attached hydrogens (tertiary/aromatic N) is 3. The average molecular weight is 508 g/mol. The molecule has 1 aliphatic carbocycles. The largest absolute Gasteiger partial charge is 0.475 e. The van der Waals surface area contributed by atoms with E-state index in [1.807, 2.05) is 12.1 Å². The standard InChI is InChI=1S/C24H35BF2N4O5/c1-23(2,31-11-9-24(26,27)16-31)13-18(14-28)21(32)30-10-5-8-19(15-30)36-22(33)29-20(25(34)35)12-17-6-3-4-7-17/h6,13,19-20,34-35H,3-5,7-12,15-16H2,1-2H3,(H,29,33)/b18-13+/t19-,20-/m0/s1. The van der Waals surface area contributed by atoms with Crippen LogP contribution in [0.4, 0.5) is 13.6 Å². The minimum absolute atomic E-state index is 0.0744. The van der Waals surface area contributed by atoms with Crippen LogP contribution >= 0.6 is 0 Å². The van der Waals surface area contributed by atoms with Gasteiger partial charge >= 0.3 is 13.2 Å². The molecule has 2 fully saturated rings. The molecule has 2 heterocycles. The second kappa shape index (κ2) is 11.7. The third kappa shape index (κ3) is 7.51. The number of piperidine rings is 1. The summed E-state index contributed by atoms with van der Waals surface area (Å²) in [5.74, 6) is -4.24. The molecule has 0 radical (unpaired) electrons. The number of nitriles is 1. The molecule has 2 aliphatic heterocycles. The van der Waals surface area contributed by atoms with Crippen LogP contribution in [0.2, 0.25) is 0 Å². The maximum atomic E-state index is 13.7. The zero-order valence-electron chi connectivity index (χ0n) is 20.9. The smallest absolute Gasteiger partial charge is 0.444 e. The summed E-state index contributed by atoms with van der Waals surface area (Å²) in [5.41, 5.74) is -0.00550. The number of alkyl halides is 2. The summed E-state index contributed by atoms with van der Waals surface area (Å²) >= 11 is 0. The van der Waals surface area contributed by atoms with Crippen molar-refractivity contribution in [3.05, 3.63) is 23.3 Å². The molecule has 0 unspecified atom stereocenters. The van der Waals surface area contributed by atoms with Crippen molar-refractivity contribution in [1.82, 2.24) is 15.1 Å². The van der Waals surface area contributed by atoms with Crippen molar-refractivity contribution in [3.63, 3.8) is 0 Å². The number of amides is 2. The van der Waals surface area contributed by atoms with Gasteiger partial charge in [0.2, 0.25) is 0 Å². The van der Waals surface area contributed by atoms with Gasteiger partial charge in [0, 0.05) is 25.0 Å². The van der Waals surface area contributed by atoms with Crippen LogP contribution in [0.1, 0.15) is 58.8 Å². The molecule has 0 saturated carbocycles. The number of allylic oxidation sites excluding steroid dienone is 1. The van der Waals surface area contributed by atoms with E-state index in [9.17, 15) is 33.7 Å². The highest BCUT2D eigenvalue weighted by atomic mass is 19.3. The van der Waals surface area contributed by atoms with Crippen LogP contribution in [0.15, 0.2) is 23.3 Å². The predicted octanol–water partition coefficient (Wildman–Crippen LogP) is 2.15. The number of carbonyl (C=O) groups is 2. The zero-order valence-corrected chi connectivity index (χ0v) is 20.9. The molecule has 2 saturated heterocycles. The van der Waals surface area contributed by atoms with Crippen molar-refractivity contribution in [3.8, 4) is 6.07 Å². The molecule has 2 atom stereocenters. The van der Waals surface area contributed by atoms with Crippen molar-refractivity contribution in [2.24, 2.45) is 0 Å². The highest BCUT2D eigenvalue weighted by molar-refractivity contribution is 6.43. The molecule has 2 amide bonds. The van der Waals surface area contributed by atoms with Crippen LogP contribution < -0.4 is 5.32 Å². The minimum Gasteiger partial charge on any atom is -0.444 e. The number of rotatable bonds is 8. The average Bonchev–Trinajstić information content (AvgIpc) is 3.46. The topological polar surface area (TPSA) is 126 Å². The first-order valence-corrected chi connectivity index (χ1v) is 12.5. The van der Waals surface area contributed by atoms with Gasteiger partial charge < -0.3 is 25.0 Å². The summed E-state index contributed by atoms with van der Waals surface area (Å²) in [6, 6.07) is 1.90. The summed E-state index contributed by atoms with van der Waals surface area (Å²) < 4.78 is 32.8. The number of nitrogens with one attached hydrogen (secondary N) is 1. The lowest BCUT2D eigenvalue weighted by molar-refractivity contribution is -0.129. The molecule has 198 valence electrons. The first-order valence-electron chi connectivity index (χ1n) is 12.5. The van der Waals surface area contributed by atoms with Crippen LogP contribution in [-0.4, -0.2) is 88.7 Å². The minimum atomic E-state index is -2.79. The predicted molar refractivity (Wildman–Crippen MR) is 129 cm³/mol. The summed E-state index contributed by atoms with van der Waals surface area (Å²) in [4.78, 5) is 28.5. The molecule has 0 spiro atoms. The van der Waals surface area contributed by atoms with Crippen LogP contribution in [0.25, 0.3) is 0 Å². The Morgan fingerprint density at radius 2 is 2.14 bits per heavy atom. The zero-order chi connectivity index (χ0) is 26.5. The summed E-state index contributed by atoms with van der Waals surface area (Å²) in [6.45, 7) is 3.56. The molecule has 0 bridgehead atoms. The van der Waals surface area contributed by atoms with E-state index in [0.717, 1.165) is 24.8 Å². The van der Waals surface area contributed by atoms with Crippen molar-refractivity contribution < 1.29 is 33.2 Å². The van der Waals surface area contributed by atoms with Gasteiger partial charge in [-0.1, -0.05) is 11.6 Å². The van der Waals surface area contributed by atoms with Crippen molar-refractivity contribution in [1.29, 1.82) is 5.26 Å². The van der Waals surface area contributed by atoms with E-state index in [2.05, 4.69) is 5.32 Å². The second-order valence-corrected chi connectivity index (χ2v) is 10.4. The number of likely N-dealkylation sites (tertiary alicyclic amines) is 2. The normalized spacial score (nSPS) is 23.6. The van der Waals surface area contributed by atoms with E-state index in [0.29, 0.717) is 25.8 Å².